The van der Waals surface area contributed by atoms with Crippen LogP contribution in [0.4, 0.5) is 0 Å². The zero-order valence-corrected chi connectivity index (χ0v) is 8.90. The Morgan fingerprint density at radius 1 is 1.42 bits per heavy atom. The van der Waals surface area contributed by atoms with E-state index in [4.69, 9.17) is 0 Å². The lowest BCUT2D eigenvalue weighted by Crippen LogP contribution is -1.98. The molecular weight excluding hydrogens is 166 g/mol. The van der Waals surface area contributed by atoms with Crippen molar-refractivity contribution < 1.29 is 0 Å². The first-order valence-electron chi connectivity index (χ1n) is 4.08. The lowest BCUT2D eigenvalue weighted by molar-refractivity contribution is 0.547. The molecule has 0 amide bonds. The number of thiazole rings is 1. The van der Waals surface area contributed by atoms with Crippen LogP contribution in [0, 0.1) is 12.3 Å². The van der Waals surface area contributed by atoms with Crippen LogP contribution in [-0.2, 0) is 0 Å². The molecule has 1 aromatic heterocycles. The minimum absolute atomic E-state index is 0.246. The summed E-state index contributed by atoms with van der Waals surface area (Å²) < 4.78 is 0. The maximum absolute atomic E-state index is 4.25. The van der Waals surface area contributed by atoms with E-state index in [1.165, 1.54) is 4.88 Å². The van der Waals surface area contributed by atoms with Crippen molar-refractivity contribution in [1.82, 2.24) is 4.98 Å². The molecule has 66 valence electrons. The maximum atomic E-state index is 4.25. The number of rotatable bonds is 1. The van der Waals surface area contributed by atoms with E-state index in [1.54, 1.807) is 11.3 Å². The third-order valence-corrected chi connectivity index (χ3v) is 2.30. The Morgan fingerprint density at radius 2 is 2.08 bits per heavy atom. The Bertz CT molecular complexity index is 278. The van der Waals surface area contributed by atoms with Crippen molar-refractivity contribution in [1.29, 1.82) is 0 Å². The molecule has 2 heteroatoms. The first-order valence-corrected chi connectivity index (χ1v) is 4.96. The second kappa shape index (κ2) is 3.40. The number of aryl methyl sites for hydroxylation is 1. The molecular formula is C10H15NS. The Kier molecular flexibility index (Phi) is 2.68. The van der Waals surface area contributed by atoms with Crippen molar-refractivity contribution in [2.75, 3.05) is 0 Å². The summed E-state index contributed by atoms with van der Waals surface area (Å²) >= 11 is 1.69. The first kappa shape index (κ1) is 9.46. The van der Waals surface area contributed by atoms with Gasteiger partial charge in [0.2, 0.25) is 0 Å². The van der Waals surface area contributed by atoms with Crippen LogP contribution in [0.1, 0.15) is 31.3 Å². The number of nitrogens with zero attached hydrogens (tertiary/aromatic N) is 1. The van der Waals surface area contributed by atoms with Gasteiger partial charge in [0.05, 0.1) is 11.2 Å². The van der Waals surface area contributed by atoms with Gasteiger partial charge in [-0.2, -0.15) is 0 Å². The molecule has 0 radical (unpaired) electrons. The molecule has 0 aliphatic heterocycles. The van der Waals surface area contributed by atoms with Crippen molar-refractivity contribution in [2.45, 2.75) is 27.7 Å². The molecule has 0 spiro atoms. The molecule has 0 aliphatic rings. The summed E-state index contributed by atoms with van der Waals surface area (Å²) in [4.78, 5) is 5.54. The van der Waals surface area contributed by atoms with E-state index >= 15 is 0 Å². The standard InChI is InChI=1S/C10H15NS/c1-8-9(11-7-12-8)5-6-10(2,3)4/h5-7H,1-4H3/b6-5-. The summed E-state index contributed by atoms with van der Waals surface area (Å²) in [6.07, 6.45) is 4.29. The molecule has 0 aliphatic carbocycles. The minimum atomic E-state index is 0.246. The number of hydrogen-bond donors (Lipinski definition) is 0. The quantitative estimate of drug-likeness (QED) is 0.646. The first-order chi connectivity index (χ1) is 5.49. The van der Waals surface area contributed by atoms with Crippen LogP contribution in [0.15, 0.2) is 11.6 Å². The van der Waals surface area contributed by atoms with E-state index in [0.717, 1.165) is 5.69 Å². The molecule has 0 fully saturated rings. The van der Waals surface area contributed by atoms with Gasteiger partial charge in [-0.15, -0.1) is 11.3 Å². The summed E-state index contributed by atoms with van der Waals surface area (Å²) in [5, 5.41) is 0. The van der Waals surface area contributed by atoms with Gasteiger partial charge in [0.1, 0.15) is 0 Å². The Morgan fingerprint density at radius 3 is 2.50 bits per heavy atom. The third-order valence-electron chi connectivity index (χ3n) is 1.52. The second-order valence-corrected chi connectivity index (χ2v) is 5.05. The second-order valence-electron chi connectivity index (χ2n) is 3.99. The summed E-state index contributed by atoms with van der Waals surface area (Å²) in [7, 11) is 0. The SMILES string of the molecule is Cc1scnc1/C=C\C(C)(C)C. The smallest absolute Gasteiger partial charge is 0.0801 e. The molecule has 0 N–H and O–H groups in total. The number of aromatic nitrogens is 1. The fourth-order valence-electron chi connectivity index (χ4n) is 0.803. The van der Waals surface area contributed by atoms with Gasteiger partial charge in [0.15, 0.2) is 0 Å². The zero-order valence-electron chi connectivity index (χ0n) is 8.09. The highest BCUT2D eigenvalue weighted by atomic mass is 32.1. The fourth-order valence-corrected chi connectivity index (χ4v) is 1.37. The van der Waals surface area contributed by atoms with Crippen molar-refractivity contribution in [2.24, 2.45) is 5.41 Å². The van der Waals surface area contributed by atoms with Gasteiger partial charge in [-0.3, -0.25) is 0 Å². The van der Waals surface area contributed by atoms with E-state index in [0.29, 0.717) is 0 Å². The molecule has 0 saturated heterocycles. The molecule has 1 nitrogen and oxygen atoms in total. The van der Waals surface area contributed by atoms with Gasteiger partial charge in [-0.05, 0) is 18.4 Å². The van der Waals surface area contributed by atoms with Crippen LogP contribution < -0.4 is 0 Å². The highest BCUT2D eigenvalue weighted by Crippen LogP contribution is 2.19. The van der Waals surface area contributed by atoms with Gasteiger partial charge in [-0.25, -0.2) is 4.98 Å². The molecule has 0 aromatic carbocycles. The Labute approximate surface area is 78.2 Å². The van der Waals surface area contributed by atoms with Gasteiger partial charge in [0, 0.05) is 4.88 Å². The predicted octanol–water partition coefficient (Wildman–Crippen LogP) is 3.51. The van der Waals surface area contributed by atoms with Crippen molar-refractivity contribution >= 4 is 17.4 Å². The summed E-state index contributed by atoms with van der Waals surface area (Å²) in [6, 6.07) is 0. The predicted molar refractivity (Wildman–Crippen MR) is 55.3 cm³/mol. The average molecular weight is 181 g/mol. The summed E-state index contributed by atoms with van der Waals surface area (Å²) in [6.45, 7) is 8.65. The van der Waals surface area contributed by atoms with Gasteiger partial charge in [0.25, 0.3) is 0 Å². The minimum Gasteiger partial charge on any atom is -0.245 e. The average Bonchev–Trinajstić information content (AvgIpc) is 2.29. The van der Waals surface area contributed by atoms with Crippen LogP contribution in [0.3, 0.4) is 0 Å². The summed E-state index contributed by atoms with van der Waals surface area (Å²) in [5.74, 6) is 0. The Hall–Kier alpha value is -0.630. The Balaban J connectivity index is 2.77. The maximum Gasteiger partial charge on any atom is 0.0801 e. The summed E-state index contributed by atoms with van der Waals surface area (Å²) in [5.41, 5.74) is 3.24. The van der Waals surface area contributed by atoms with Crippen molar-refractivity contribution in [3.63, 3.8) is 0 Å². The van der Waals surface area contributed by atoms with Crippen molar-refractivity contribution in [3.05, 3.63) is 22.2 Å². The van der Waals surface area contributed by atoms with Gasteiger partial charge in [-0.1, -0.05) is 26.8 Å². The topological polar surface area (TPSA) is 12.9 Å². The van der Waals surface area contributed by atoms with Gasteiger partial charge < -0.3 is 0 Å². The molecule has 12 heavy (non-hydrogen) atoms. The van der Waals surface area contributed by atoms with Crippen LogP contribution in [0.2, 0.25) is 0 Å². The van der Waals surface area contributed by atoms with E-state index in [-0.39, 0.29) is 5.41 Å². The van der Waals surface area contributed by atoms with Gasteiger partial charge >= 0.3 is 0 Å². The van der Waals surface area contributed by atoms with E-state index in [2.05, 4.69) is 44.8 Å². The van der Waals surface area contributed by atoms with E-state index in [9.17, 15) is 0 Å². The lowest BCUT2D eigenvalue weighted by Gasteiger charge is -2.10. The molecule has 1 heterocycles. The lowest BCUT2D eigenvalue weighted by atomic mass is 9.96. The normalized spacial score (nSPS) is 12.7. The van der Waals surface area contributed by atoms with E-state index < -0.39 is 0 Å². The van der Waals surface area contributed by atoms with Crippen molar-refractivity contribution in [3.8, 4) is 0 Å². The zero-order chi connectivity index (χ0) is 9.19. The molecule has 1 aromatic rings. The highest BCUT2D eigenvalue weighted by Gasteiger charge is 2.04. The van der Waals surface area contributed by atoms with E-state index in [1.807, 2.05) is 5.51 Å². The number of hydrogen-bond acceptors (Lipinski definition) is 2. The monoisotopic (exact) mass is 181 g/mol. The molecule has 1 rings (SSSR count). The molecule has 0 atom stereocenters. The third kappa shape index (κ3) is 2.78. The molecule has 0 bridgehead atoms. The van der Waals surface area contributed by atoms with Crippen LogP contribution >= 0.6 is 11.3 Å². The van der Waals surface area contributed by atoms with Crippen LogP contribution in [0.25, 0.3) is 6.08 Å². The highest BCUT2D eigenvalue weighted by molar-refractivity contribution is 7.09. The fraction of sp³-hybridized carbons (Fsp3) is 0.500. The van der Waals surface area contributed by atoms with Crippen LogP contribution in [0.5, 0.6) is 0 Å². The number of allylic oxidation sites excluding steroid dienone is 1. The largest absolute Gasteiger partial charge is 0.245 e. The molecule has 0 saturated carbocycles. The molecule has 0 unspecified atom stereocenters. The van der Waals surface area contributed by atoms with Crippen LogP contribution in [-0.4, -0.2) is 4.98 Å².